The number of hydrogen-bond acceptors (Lipinski definition) is 5. The van der Waals surface area contributed by atoms with Crippen LogP contribution >= 0.6 is 12.2 Å². The van der Waals surface area contributed by atoms with Gasteiger partial charge in [-0.15, -0.1) is 0 Å². The minimum atomic E-state index is -0.149. The van der Waals surface area contributed by atoms with Gasteiger partial charge in [0.2, 0.25) is 4.77 Å². The monoisotopic (exact) mass is 330 g/mol. The van der Waals surface area contributed by atoms with E-state index >= 15 is 0 Å². The Morgan fingerprint density at radius 2 is 2.09 bits per heavy atom. The Hall–Kier alpha value is -2.28. The zero-order valence-electron chi connectivity index (χ0n) is 12.8. The quantitative estimate of drug-likeness (QED) is 0.809. The Balaban J connectivity index is 1.87. The van der Waals surface area contributed by atoms with E-state index in [-0.39, 0.29) is 17.7 Å². The molecule has 1 aliphatic heterocycles. The number of hydrogen-bond donors (Lipinski definition) is 0. The zero-order chi connectivity index (χ0) is 16.2. The molecule has 7 heteroatoms. The Bertz CT molecular complexity index is 766. The molecule has 0 saturated heterocycles. The highest BCUT2D eigenvalue weighted by molar-refractivity contribution is 7.71. The molecule has 1 aromatic heterocycles. The molecular formula is C16H18N4O2S. The molecule has 23 heavy (non-hydrogen) atoms. The maximum atomic E-state index is 11.9. The number of aromatic nitrogens is 4. The lowest BCUT2D eigenvalue weighted by molar-refractivity contribution is -0.116. The van der Waals surface area contributed by atoms with Crippen LogP contribution in [0, 0.1) is 10.7 Å². The standard InChI is InChI=1S/C16H18N4O2S/c1-12-11-22-8-7-14(21)9-15(12)20-16(23)19(17-18-20)10-13-5-3-2-4-6-13/h2-8,12,15H,9-11H2,1H3/b8-7+. The van der Waals surface area contributed by atoms with Crippen LogP contribution in [0.25, 0.3) is 0 Å². The Labute approximate surface area is 139 Å². The Morgan fingerprint density at radius 3 is 2.87 bits per heavy atom. The molecule has 0 saturated carbocycles. The summed E-state index contributed by atoms with van der Waals surface area (Å²) < 4.78 is 9.21. The van der Waals surface area contributed by atoms with Crippen LogP contribution in [-0.2, 0) is 16.1 Å². The van der Waals surface area contributed by atoms with Crippen LogP contribution in [-0.4, -0.2) is 32.2 Å². The number of nitrogens with zero attached hydrogens (tertiary/aromatic N) is 4. The topological polar surface area (TPSA) is 61.9 Å². The van der Waals surface area contributed by atoms with Crippen LogP contribution in [0.2, 0.25) is 0 Å². The lowest BCUT2D eigenvalue weighted by Crippen LogP contribution is -2.26. The van der Waals surface area contributed by atoms with Crippen molar-refractivity contribution >= 4 is 18.0 Å². The predicted molar refractivity (Wildman–Crippen MR) is 87.3 cm³/mol. The minimum absolute atomic E-state index is 0.000981. The van der Waals surface area contributed by atoms with E-state index in [1.807, 2.05) is 37.3 Å². The molecular weight excluding hydrogens is 312 g/mol. The van der Waals surface area contributed by atoms with Gasteiger partial charge in [0.1, 0.15) is 0 Å². The van der Waals surface area contributed by atoms with Gasteiger partial charge in [-0.3, -0.25) is 4.79 Å². The molecule has 0 N–H and O–H groups in total. The Morgan fingerprint density at radius 1 is 1.30 bits per heavy atom. The summed E-state index contributed by atoms with van der Waals surface area (Å²) in [5.41, 5.74) is 1.10. The average Bonchev–Trinajstić information content (AvgIpc) is 2.89. The number of rotatable bonds is 3. The summed E-state index contributed by atoms with van der Waals surface area (Å²) in [7, 11) is 0. The van der Waals surface area contributed by atoms with Gasteiger partial charge < -0.3 is 4.74 Å². The fraction of sp³-hybridized carbons (Fsp3) is 0.375. The van der Waals surface area contributed by atoms with Crippen LogP contribution in [0.15, 0.2) is 42.7 Å². The van der Waals surface area contributed by atoms with Crippen molar-refractivity contribution in [1.29, 1.82) is 0 Å². The van der Waals surface area contributed by atoms with E-state index in [1.165, 1.54) is 12.3 Å². The number of carbonyl (C=O) groups excluding carboxylic acids is 1. The molecule has 0 fully saturated rings. The number of ether oxygens (including phenoxy) is 1. The normalized spacial score (nSPS) is 22.9. The summed E-state index contributed by atoms with van der Waals surface area (Å²) in [6, 6.07) is 9.80. The first kappa shape index (κ1) is 15.6. The fourth-order valence-electron chi connectivity index (χ4n) is 2.60. The first-order valence-corrected chi connectivity index (χ1v) is 7.93. The number of ketones is 1. The lowest BCUT2D eigenvalue weighted by Gasteiger charge is -2.23. The average molecular weight is 330 g/mol. The molecule has 2 atom stereocenters. The molecule has 0 bridgehead atoms. The highest BCUT2D eigenvalue weighted by Gasteiger charge is 2.26. The maximum Gasteiger partial charge on any atom is 0.216 e. The van der Waals surface area contributed by atoms with Gasteiger partial charge in [-0.25, -0.2) is 9.36 Å². The van der Waals surface area contributed by atoms with Crippen molar-refractivity contribution in [3.63, 3.8) is 0 Å². The molecule has 6 nitrogen and oxygen atoms in total. The van der Waals surface area contributed by atoms with Gasteiger partial charge in [0, 0.05) is 18.4 Å². The van der Waals surface area contributed by atoms with Crippen molar-refractivity contribution < 1.29 is 9.53 Å². The molecule has 0 radical (unpaired) electrons. The number of carbonyl (C=O) groups is 1. The second-order valence-corrected chi connectivity index (χ2v) is 6.07. The highest BCUT2D eigenvalue weighted by Crippen LogP contribution is 2.24. The second kappa shape index (κ2) is 6.87. The van der Waals surface area contributed by atoms with Crippen molar-refractivity contribution in [3.8, 4) is 0 Å². The summed E-state index contributed by atoms with van der Waals surface area (Å²) in [5, 5.41) is 8.34. The van der Waals surface area contributed by atoms with E-state index in [4.69, 9.17) is 17.0 Å². The van der Waals surface area contributed by atoms with Crippen LogP contribution in [0.5, 0.6) is 0 Å². The van der Waals surface area contributed by atoms with Gasteiger partial charge in [-0.05, 0) is 28.2 Å². The van der Waals surface area contributed by atoms with Gasteiger partial charge >= 0.3 is 0 Å². The number of benzene rings is 1. The van der Waals surface area contributed by atoms with Crippen molar-refractivity contribution in [2.75, 3.05) is 6.61 Å². The van der Waals surface area contributed by atoms with E-state index in [1.54, 1.807) is 9.36 Å². The van der Waals surface area contributed by atoms with E-state index in [0.29, 0.717) is 24.3 Å². The summed E-state index contributed by atoms with van der Waals surface area (Å²) in [4.78, 5) is 11.9. The molecule has 0 aliphatic carbocycles. The maximum absolute atomic E-state index is 11.9. The summed E-state index contributed by atoms with van der Waals surface area (Å²) in [6.07, 6.45) is 3.26. The Kier molecular flexibility index (Phi) is 4.66. The van der Waals surface area contributed by atoms with Gasteiger partial charge in [0.25, 0.3) is 0 Å². The molecule has 2 unspecified atom stereocenters. The zero-order valence-corrected chi connectivity index (χ0v) is 13.6. The predicted octanol–water partition coefficient (Wildman–Crippen LogP) is 2.54. The number of tetrazole rings is 1. The highest BCUT2D eigenvalue weighted by atomic mass is 32.1. The van der Waals surface area contributed by atoms with Crippen molar-refractivity contribution in [3.05, 3.63) is 53.0 Å². The largest absolute Gasteiger partial charge is 0.501 e. The minimum Gasteiger partial charge on any atom is -0.501 e. The summed E-state index contributed by atoms with van der Waals surface area (Å²) in [6.45, 7) is 3.10. The van der Waals surface area contributed by atoms with Crippen LogP contribution < -0.4 is 0 Å². The third-order valence-electron chi connectivity index (χ3n) is 3.93. The first-order chi connectivity index (χ1) is 11.1. The molecule has 3 rings (SSSR count). The SMILES string of the molecule is CC1CO/C=C/C(=O)CC1n1nnn(Cc2ccccc2)c1=S. The molecule has 0 amide bonds. The van der Waals surface area contributed by atoms with Crippen LogP contribution in [0.1, 0.15) is 24.9 Å². The van der Waals surface area contributed by atoms with Gasteiger partial charge in [0.15, 0.2) is 5.78 Å². The first-order valence-electron chi connectivity index (χ1n) is 7.52. The number of allylic oxidation sites excluding steroid dienone is 1. The van der Waals surface area contributed by atoms with Gasteiger partial charge in [-0.2, -0.15) is 0 Å². The van der Waals surface area contributed by atoms with Crippen molar-refractivity contribution in [2.24, 2.45) is 5.92 Å². The van der Waals surface area contributed by atoms with Crippen LogP contribution in [0.4, 0.5) is 0 Å². The summed E-state index contributed by atoms with van der Waals surface area (Å²) >= 11 is 5.51. The molecule has 2 heterocycles. The van der Waals surface area contributed by atoms with Crippen molar-refractivity contribution in [2.45, 2.75) is 25.9 Å². The second-order valence-electron chi connectivity index (χ2n) is 5.70. The molecule has 1 aliphatic rings. The van der Waals surface area contributed by atoms with Crippen LogP contribution in [0.3, 0.4) is 0 Å². The molecule has 120 valence electrons. The van der Waals surface area contributed by atoms with Gasteiger partial charge in [-0.1, -0.05) is 37.3 Å². The van der Waals surface area contributed by atoms with E-state index in [2.05, 4.69) is 10.4 Å². The van der Waals surface area contributed by atoms with E-state index < -0.39 is 0 Å². The smallest absolute Gasteiger partial charge is 0.216 e. The molecule has 1 aromatic carbocycles. The third kappa shape index (κ3) is 3.56. The van der Waals surface area contributed by atoms with E-state index in [9.17, 15) is 4.79 Å². The molecule has 0 spiro atoms. The summed E-state index contributed by atoms with van der Waals surface area (Å²) in [5.74, 6) is 0.110. The molecule has 2 aromatic rings. The third-order valence-corrected chi connectivity index (χ3v) is 4.32. The lowest BCUT2D eigenvalue weighted by atomic mass is 9.97. The van der Waals surface area contributed by atoms with Crippen molar-refractivity contribution in [1.82, 2.24) is 19.8 Å². The fourth-order valence-corrected chi connectivity index (χ4v) is 2.87. The van der Waals surface area contributed by atoms with Gasteiger partial charge in [0.05, 0.1) is 25.5 Å². The van der Waals surface area contributed by atoms with E-state index in [0.717, 1.165) is 5.56 Å².